The minimum absolute atomic E-state index is 0.0884. The number of ether oxygens (including phenoxy) is 2. The van der Waals surface area contributed by atoms with Crippen molar-refractivity contribution in [2.24, 2.45) is 0 Å². The van der Waals surface area contributed by atoms with E-state index in [1.807, 2.05) is 19.9 Å². The Morgan fingerprint density at radius 2 is 2.13 bits per heavy atom. The van der Waals surface area contributed by atoms with Gasteiger partial charge >= 0.3 is 0 Å². The van der Waals surface area contributed by atoms with Gasteiger partial charge in [0.25, 0.3) is 0 Å². The third-order valence-corrected chi connectivity index (χ3v) is 2.31. The zero-order chi connectivity index (χ0) is 11.3. The molecule has 0 amide bonds. The van der Waals surface area contributed by atoms with Gasteiger partial charge in [0.1, 0.15) is 11.5 Å². The first-order valence-electron chi connectivity index (χ1n) is 5.09. The summed E-state index contributed by atoms with van der Waals surface area (Å²) in [4.78, 5) is 0. The van der Waals surface area contributed by atoms with E-state index >= 15 is 0 Å². The van der Waals surface area contributed by atoms with Crippen molar-refractivity contribution in [1.82, 2.24) is 0 Å². The minimum atomic E-state index is 0.0884. The molecule has 3 heteroatoms. The second kappa shape index (κ2) is 5.61. The van der Waals surface area contributed by atoms with E-state index < -0.39 is 0 Å². The maximum absolute atomic E-state index is 9.48. The molecule has 0 radical (unpaired) electrons. The molecule has 15 heavy (non-hydrogen) atoms. The molecule has 0 saturated heterocycles. The molecule has 0 aliphatic carbocycles. The van der Waals surface area contributed by atoms with Gasteiger partial charge in [-0.2, -0.15) is 0 Å². The Bertz CT molecular complexity index is 310. The van der Waals surface area contributed by atoms with Crippen LogP contribution in [0.1, 0.15) is 18.9 Å². The van der Waals surface area contributed by atoms with Crippen LogP contribution in [0.3, 0.4) is 0 Å². The Kier molecular flexibility index (Phi) is 4.43. The number of aromatic hydroxyl groups is 1. The lowest BCUT2D eigenvalue weighted by Crippen LogP contribution is -2.14. The molecule has 1 aromatic rings. The monoisotopic (exact) mass is 210 g/mol. The molecular weight excluding hydrogens is 192 g/mol. The highest BCUT2D eigenvalue weighted by molar-refractivity contribution is 5.42. The number of hydrogen-bond donors (Lipinski definition) is 1. The van der Waals surface area contributed by atoms with Gasteiger partial charge in [0.05, 0.1) is 6.10 Å². The van der Waals surface area contributed by atoms with Crippen molar-refractivity contribution in [3.05, 3.63) is 23.8 Å². The van der Waals surface area contributed by atoms with E-state index in [-0.39, 0.29) is 11.9 Å². The highest BCUT2D eigenvalue weighted by atomic mass is 16.5. The van der Waals surface area contributed by atoms with Crippen molar-refractivity contribution < 1.29 is 14.6 Å². The summed E-state index contributed by atoms with van der Waals surface area (Å²) >= 11 is 0. The zero-order valence-corrected chi connectivity index (χ0v) is 9.49. The Hall–Kier alpha value is -1.22. The molecule has 0 fully saturated rings. The van der Waals surface area contributed by atoms with E-state index in [1.165, 1.54) is 0 Å². The first kappa shape index (κ1) is 11.9. The van der Waals surface area contributed by atoms with Crippen molar-refractivity contribution in [1.29, 1.82) is 0 Å². The lowest BCUT2D eigenvalue weighted by Gasteiger charge is -2.16. The fourth-order valence-electron chi connectivity index (χ4n) is 1.29. The number of rotatable bonds is 5. The SMILES string of the molecule is COCCC(C)Oc1cccc(O)c1C. The van der Waals surface area contributed by atoms with Gasteiger partial charge in [-0.15, -0.1) is 0 Å². The number of hydrogen-bond acceptors (Lipinski definition) is 3. The summed E-state index contributed by atoms with van der Waals surface area (Å²) in [5.41, 5.74) is 0.779. The van der Waals surface area contributed by atoms with E-state index in [1.54, 1.807) is 19.2 Å². The molecule has 0 aromatic heterocycles. The zero-order valence-electron chi connectivity index (χ0n) is 9.49. The van der Waals surface area contributed by atoms with Crippen LogP contribution in [0.25, 0.3) is 0 Å². The molecule has 1 aromatic carbocycles. The molecule has 0 aliphatic rings. The summed E-state index contributed by atoms with van der Waals surface area (Å²) in [6.45, 7) is 4.51. The van der Waals surface area contributed by atoms with E-state index in [2.05, 4.69) is 0 Å². The molecule has 0 saturated carbocycles. The highest BCUT2D eigenvalue weighted by Gasteiger charge is 2.08. The summed E-state index contributed by atoms with van der Waals surface area (Å²) in [6, 6.07) is 5.29. The molecule has 1 rings (SSSR count). The van der Waals surface area contributed by atoms with Crippen LogP contribution in [0.5, 0.6) is 11.5 Å². The van der Waals surface area contributed by atoms with Crippen LogP contribution in [0.15, 0.2) is 18.2 Å². The van der Waals surface area contributed by atoms with Gasteiger partial charge in [0, 0.05) is 25.7 Å². The fraction of sp³-hybridized carbons (Fsp3) is 0.500. The molecule has 1 atom stereocenters. The molecular formula is C12H18O3. The third-order valence-electron chi connectivity index (χ3n) is 2.31. The number of phenols is 1. The lowest BCUT2D eigenvalue weighted by atomic mass is 10.2. The van der Waals surface area contributed by atoms with Crippen molar-refractivity contribution in [2.45, 2.75) is 26.4 Å². The summed E-state index contributed by atoms with van der Waals surface area (Å²) < 4.78 is 10.7. The molecule has 1 N–H and O–H groups in total. The molecule has 0 spiro atoms. The molecule has 0 heterocycles. The molecule has 0 aliphatic heterocycles. The highest BCUT2D eigenvalue weighted by Crippen LogP contribution is 2.27. The quantitative estimate of drug-likeness (QED) is 0.811. The fourth-order valence-corrected chi connectivity index (χ4v) is 1.29. The maximum Gasteiger partial charge on any atom is 0.126 e. The molecule has 0 bridgehead atoms. The van der Waals surface area contributed by atoms with Gasteiger partial charge < -0.3 is 14.6 Å². The molecule has 84 valence electrons. The van der Waals surface area contributed by atoms with Crippen LogP contribution in [0.4, 0.5) is 0 Å². The Labute approximate surface area is 90.6 Å². The van der Waals surface area contributed by atoms with Crippen molar-refractivity contribution in [3.63, 3.8) is 0 Å². The Balaban J connectivity index is 2.60. The summed E-state index contributed by atoms with van der Waals surface area (Å²) in [5.74, 6) is 1.00. The van der Waals surface area contributed by atoms with Crippen molar-refractivity contribution in [3.8, 4) is 11.5 Å². The minimum Gasteiger partial charge on any atom is -0.508 e. The normalized spacial score (nSPS) is 12.5. The van der Waals surface area contributed by atoms with Gasteiger partial charge in [0.2, 0.25) is 0 Å². The van der Waals surface area contributed by atoms with Gasteiger partial charge in [-0.1, -0.05) is 6.07 Å². The van der Waals surface area contributed by atoms with Crippen LogP contribution < -0.4 is 4.74 Å². The topological polar surface area (TPSA) is 38.7 Å². The summed E-state index contributed by atoms with van der Waals surface area (Å²) in [5, 5.41) is 9.48. The van der Waals surface area contributed by atoms with Crippen molar-refractivity contribution >= 4 is 0 Å². The maximum atomic E-state index is 9.48. The summed E-state index contributed by atoms with van der Waals surface area (Å²) in [7, 11) is 1.67. The molecule has 3 nitrogen and oxygen atoms in total. The Morgan fingerprint density at radius 3 is 2.80 bits per heavy atom. The van der Waals surface area contributed by atoms with E-state index in [0.717, 1.165) is 17.7 Å². The van der Waals surface area contributed by atoms with Crippen LogP contribution >= 0.6 is 0 Å². The Morgan fingerprint density at radius 1 is 1.40 bits per heavy atom. The first-order chi connectivity index (χ1) is 7.15. The van der Waals surface area contributed by atoms with Crippen LogP contribution in [-0.4, -0.2) is 24.9 Å². The lowest BCUT2D eigenvalue weighted by molar-refractivity contribution is 0.134. The van der Waals surface area contributed by atoms with Gasteiger partial charge in [-0.05, 0) is 26.0 Å². The van der Waals surface area contributed by atoms with Crippen LogP contribution in [0, 0.1) is 6.92 Å². The van der Waals surface area contributed by atoms with E-state index in [0.29, 0.717) is 6.61 Å². The predicted octanol–water partition coefficient (Wildman–Crippen LogP) is 2.50. The average molecular weight is 210 g/mol. The van der Waals surface area contributed by atoms with Crippen LogP contribution in [-0.2, 0) is 4.74 Å². The van der Waals surface area contributed by atoms with Gasteiger partial charge in [0.15, 0.2) is 0 Å². The second-order valence-electron chi connectivity index (χ2n) is 3.61. The first-order valence-corrected chi connectivity index (χ1v) is 5.09. The second-order valence-corrected chi connectivity index (χ2v) is 3.61. The van der Waals surface area contributed by atoms with Gasteiger partial charge in [-0.25, -0.2) is 0 Å². The number of methoxy groups -OCH3 is 1. The standard InChI is InChI=1S/C12H18O3/c1-9(7-8-14-3)15-12-6-4-5-11(13)10(12)2/h4-6,9,13H,7-8H2,1-3H3. The van der Waals surface area contributed by atoms with Gasteiger partial charge in [-0.3, -0.25) is 0 Å². The predicted molar refractivity (Wildman–Crippen MR) is 59.4 cm³/mol. The van der Waals surface area contributed by atoms with Crippen LogP contribution in [0.2, 0.25) is 0 Å². The number of benzene rings is 1. The molecule has 1 unspecified atom stereocenters. The summed E-state index contributed by atoms with van der Waals surface area (Å²) in [6.07, 6.45) is 0.927. The van der Waals surface area contributed by atoms with Crippen molar-refractivity contribution in [2.75, 3.05) is 13.7 Å². The smallest absolute Gasteiger partial charge is 0.126 e. The van der Waals surface area contributed by atoms with E-state index in [4.69, 9.17) is 9.47 Å². The largest absolute Gasteiger partial charge is 0.508 e. The van der Waals surface area contributed by atoms with E-state index in [9.17, 15) is 5.11 Å². The third kappa shape index (κ3) is 3.44. The average Bonchev–Trinajstić information content (AvgIpc) is 2.22. The number of phenolic OH excluding ortho intramolecular Hbond substituents is 1.